The Morgan fingerprint density at radius 1 is 1.06 bits per heavy atom. The van der Waals surface area contributed by atoms with Gasteiger partial charge in [-0.25, -0.2) is 4.98 Å². The molecule has 0 spiro atoms. The van der Waals surface area contributed by atoms with Crippen LogP contribution in [0.5, 0.6) is 0 Å². The highest BCUT2D eigenvalue weighted by Crippen LogP contribution is 2.15. The van der Waals surface area contributed by atoms with Gasteiger partial charge in [0.25, 0.3) is 0 Å². The molecular formula is C7H8N2O6S3. The molecule has 2 aromatic rings. The number of hydrogen-bond acceptors (Lipinski definition) is 6. The van der Waals surface area contributed by atoms with Crippen LogP contribution in [0.3, 0.4) is 0 Å². The van der Waals surface area contributed by atoms with E-state index in [4.69, 9.17) is 9.11 Å². The van der Waals surface area contributed by atoms with Gasteiger partial charge in [0.2, 0.25) is 0 Å². The lowest BCUT2D eigenvalue weighted by molar-refractivity contribution is 0.499. The number of H-pyrrole nitrogens is 1. The van der Waals surface area contributed by atoms with Gasteiger partial charge in [-0.2, -0.15) is 16.8 Å². The van der Waals surface area contributed by atoms with Crippen molar-refractivity contribution in [3.8, 4) is 0 Å². The van der Waals surface area contributed by atoms with Crippen LogP contribution < -0.4 is 0 Å². The maximum atomic E-state index is 9.63. The number of hydrogen-bond donors (Lipinski definition) is 3. The molecule has 1 aromatic heterocycles. The number of rotatable bonds is 2. The molecule has 0 unspecified atom stereocenters. The molecule has 0 saturated heterocycles. The van der Waals surface area contributed by atoms with Crippen molar-refractivity contribution in [2.45, 2.75) is 0 Å². The van der Waals surface area contributed by atoms with Crippen molar-refractivity contribution in [2.75, 3.05) is 0 Å². The van der Waals surface area contributed by atoms with Crippen LogP contribution in [0.15, 0.2) is 30.6 Å². The summed E-state index contributed by atoms with van der Waals surface area (Å²) in [5, 5.41) is 0. The fourth-order valence-corrected chi connectivity index (χ4v) is 3.81. The van der Waals surface area contributed by atoms with Crippen LogP contribution in [0.4, 0.5) is 0 Å². The first-order valence-electron chi connectivity index (χ1n) is 4.21. The largest absolute Gasteiger partial charge is 0.345 e. The average Bonchev–Trinajstić information content (AvgIpc) is 2.59. The van der Waals surface area contributed by atoms with Crippen molar-refractivity contribution in [3.63, 3.8) is 0 Å². The molecule has 0 bridgehead atoms. The van der Waals surface area contributed by atoms with Crippen LogP contribution in [-0.2, 0) is 18.3 Å². The van der Waals surface area contributed by atoms with Crippen molar-refractivity contribution >= 4 is 39.2 Å². The molecule has 3 N–H and O–H groups in total. The van der Waals surface area contributed by atoms with Gasteiger partial charge in [-0.15, -0.1) is 0 Å². The first kappa shape index (κ1) is 14.9. The molecule has 0 fully saturated rings. The molecule has 18 heavy (non-hydrogen) atoms. The van der Waals surface area contributed by atoms with E-state index < -0.39 is 28.1 Å². The van der Waals surface area contributed by atoms with Crippen molar-refractivity contribution < 1.29 is 25.9 Å². The van der Waals surface area contributed by atoms with Crippen molar-refractivity contribution in [2.24, 2.45) is 0 Å². The number of imidazole rings is 1. The molecule has 0 amide bonds. The van der Waals surface area contributed by atoms with Gasteiger partial charge in [-0.1, -0.05) is 12.1 Å². The molecule has 0 radical (unpaired) electrons. The van der Waals surface area contributed by atoms with E-state index in [1.807, 2.05) is 24.3 Å². The Morgan fingerprint density at radius 3 is 2.06 bits per heavy atom. The van der Waals surface area contributed by atoms with Crippen LogP contribution in [0.2, 0.25) is 0 Å². The first-order chi connectivity index (χ1) is 8.17. The van der Waals surface area contributed by atoms with Crippen molar-refractivity contribution in [1.29, 1.82) is 0 Å². The molecule has 100 valence electrons. The zero-order valence-corrected chi connectivity index (χ0v) is 11.0. The topological polar surface area (TPSA) is 137 Å². The molecule has 11 heteroatoms. The number of fused-ring (bicyclic) bond motifs is 1. The Kier molecular flexibility index (Phi) is 4.70. The summed E-state index contributed by atoms with van der Waals surface area (Å²) in [5.74, 6) is 0. The van der Waals surface area contributed by atoms with E-state index in [9.17, 15) is 16.8 Å². The summed E-state index contributed by atoms with van der Waals surface area (Å²) >= 11 is 0. The van der Waals surface area contributed by atoms with Gasteiger partial charge in [0, 0.05) is 0 Å². The minimum atomic E-state index is -4.70. The highest BCUT2D eigenvalue weighted by atomic mass is 33.5. The van der Waals surface area contributed by atoms with Gasteiger partial charge < -0.3 is 4.98 Å². The molecule has 0 saturated carbocycles. The Morgan fingerprint density at radius 2 is 1.61 bits per heavy atom. The molecule has 0 atom stereocenters. The highest BCUT2D eigenvalue weighted by molar-refractivity contribution is 9.02. The van der Waals surface area contributed by atoms with E-state index in [1.54, 1.807) is 6.33 Å². The highest BCUT2D eigenvalue weighted by Gasteiger charge is 2.17. The van der Waals surface area contributed by atoms with Crippen LogP contribution in [0.25, 0.3) is 11.0 Å². The second kappa shape index (κ2) is 5.67. The summed E-state index contributed by atoms with van der Waals surface area (Å²) in [6, 6.07) is 7.94. The van der Waals surface area contributed by atoms with Gasteiger partial charge in [0.05, 0.1) is 17.4 Å². The maximum Gasteiger partial charge on any atom is 0.336 e. The van der Waals surface area contributed by atoms with E-state index in [1.165, 1.54) is 0 Å². The molecule has 1 aromatic carbocycles. The van der Waals surface area contributed by atoms with E-state index in [2.05, 4.69) is 9.97 Å². The lowest BCUT2D eigenvalue weighted by atomic mass is 10.3. The van der Waals surface area contributed by atoms with Crippen molar-refractivity contribution in [3.05, 3.63) is 30.6 Å². The number of nitrogens with zero attached hydrogens (tertiary/aromatic N) is 1. The molecule has 0 aliphatic heterocycles. The lowest BCUT2D eigenvalue weighted by Crippen LogP contribution is -1.97. The third kappa shape index (κ3) is 5.97. The quantitative estimate of drug-likeness (QED) is 0.549. The third-order valence-electron chi connectivity index (χ3n) is 1.50. The van der Waals surface area contributed by atoms with Gasteiger partial charge in [-0.05, 0) is 12.1 Å². The third-order valence-corrected chi connectivity index (χ3v) is 5.97. The van der Waals surface area contributed by atoms with E-state index in [0.717, 1.165) is 11.0 Å². The number of aromatic nitrogens is 2. The lowest BCUT2D eigenvalue weighted by Gasteiger charge is -1.87. The average molecular weight is 312 g/mol. The van der Waals surface area contributed by atoms with Crippen molar-refractivity contribution in [1.82, 2.24) is 9.97 Å². The monoisotopic (exact) mass is 312 g/mol. The maximum absolute atomic E-state index is 9.63. The normalized spacial score (nSPS) is 11.9. The van der Waals surface area contributed by atoms with Crippen LogP contribution in [0.1, 0.15) is 0 Å². The zero-order chi connectivity index (χ0) is 13.8. The molecule has 0 aliphatic carbocycles. The summed E-state index contributed by atoms with van der Waals surface area (Å²) in [7, 11) is -10.3. The van der Waals surface area contributed by atoms with Gasteiger partial charge in [0.15, 0.2) is 9.83 Å². The molecule has 0 aliphatic rings. The second-order valence-electron chi connectivity index (χ2n) is 2.84. The fraction of sp³-hybridized carbons (Fsp3) is 0. The predicted molar refractivity (Wildman–Crippen MR) is 66.8 cm³/mol. The van der Waals surface area contributed by atoms with Crippen LogP contribution in [-0.4, -0.2) is 35.9 Å². The number of nitrogens with one attached hydrogen (secondary N) is 1. The van der Waals surface area contributed by atoms with E-state index >= 15 is 0 Å². The van der Waals surface area contributed by atoms with E-state index in [-0.39, 0.29) is 0 Å². The minimum Gasteiger partial charge on any atom is -0.345 e. The van der Waals surface area contributed by atoms with Gasteiger partial charge in [0.1, 0.15) is 0 Å². The molecule has 8 nitrogen and oxygen atoms in total. The Bertz CT molecular complexity index is 660. The summed E-state index contributed by atoms with van der Waals surface area (Å²) in [5.41, 5.74) is 2.12. The number of para-hydroxylation sites is 2. The first-order valence-corrected chi connectivity index (χ1v) is 8.94. The zero-order valence-electron chi connectivity index (χ0n) is 8.59. The van der Waals surface area contributed by atoms with Gasteiger partial charge >= 0.3 is 18.3 Å². The molecular weight excluding hydrogens is 304 g/mol. The Balaban J connectivity index is 0.000000180. The minimum absolute atomic E-state index is 0.931. The summed E-state index contributed by atoms with van der Waals surface area (Å²) in [4.78, 5) is 7.07. The molecule has 2 rings (SSSR count). The summed E-state index contributed by atoms with van der Waals surface area (Å²) in [6.45, 7) is 0. The Labute approximate surface area is 106 Å². The fourth-order valence-electron chi connectivity index (χ4n) is 0.988. The van der Waals surface area contributed by atoms with Gasteiger partial charge in [-0.3, -0.25) is 9.11 Å². The summed E-state index contributed by atoms with van der Waals surface area (Å²) < 4.78 is 54.0. The SMILES string of the molecule is O=S(=O)(O)SS(=O)(=O)O.c1ccc2[nH]cnc2c1. The van der Waals surface area contributed by atoms with Crippen LogP contribution >= 0.6 is 9.83 Å². The molecule has 1 heterocycles. The van der Waals surface area contributed by atoms with Crippen LogP contribution in [0, 0.1) is 0 Å². The van der Waals surface area contributed by atoms with E-state index in [0.29, 0.717) is 0 Å². The standard InChI is InChI=1S/C7H6N2.H2O6S3/c1-2-4-7-6(3-1)8-5-9-7;1-8(2,3)7-9(4,5)6/h1-5H,(H,8,9);(H,1,2,3)(H,4,5,6). The second-order valence-corrected chi connectivity index (χ2v) is 8.85. The smallest absolute Gasteiger partial charge is 0.336 e. The summed E-state index contributed by atoms with van der Waals surface area (Å²) in [6.07, 6.45) is 1.70. The number of aromatic amines is 1. The Hall–Kier alpha value is -1.14. The predicted octanol–water partition coefficient (Wildman–Crippen LogP) is 0.888. The number of benzene rings is 1.